The molecule has 0 unspecified atom stereocenters. The monoisotopic (exact) mass is 235 g/mol. The zero-order valence-electron chi connectivity index (χ0n) is 8.00. The number of rotatable bonds is 2. The molecule has 0 aliphatic rings. The van der Waals surface area contributed by atoms with Gasteiger partial charge in [0.1, 0.15) is 5.60 Å². The quantitative estimate of drug-likeness (QED) is 0.856. The number of nitrogens with zero attached hydrogens (tertiary/aromatic N) is 1. The first-order valence-corrected chi connectivity index (χ1v) is 5.07. The van der Waals surface area contributed by atoms with Crippen LogP contribution in [0.3, 0.4) is 0 Å². The third-order valence-corrected chi connectivity index (χ3v) is 2.46. The Morgan fingerprint density at radius 1 is 1.57 bits per heavy atom. The van der Waals surface area contributed by atoms with E-state index in [0.29, 0.717) is 0 Å². The van der Waals surface area contributed by atoms with E-state index in [1.54, 1.807) is 0 Å². The van der Waals surface area contributed by atoms with Crippen LogP contribution in [-0.4, -0.2) is 21.7 Å². The van der Waals surface area contributed by atoms with Crippen molar-refractivity contribution in [1.82, 2.24) is 4.98 Å². The Kier molecular flexibility index (Phi) is 3.01. The van der Waals surface area contributed by atoms with Gasteiger partial charge < -0.3 is 9.84 Å². The van der Waals surface area contributed by atoms with Crippen molar-refractivity contribution in [2.45, 2.75) is 26.4 Å². The molecule has 0 saturated carbocycles. The van der Waals surface area contributed by atoms with Gasteiger partial charge in [0.25, 0.3) is 5.19 Å². The van der Waals surface area contributed by atoms with Gasteiger partial charge in [0.15, 0.2) is 10.0 Å². The zero-order chi connectivity index (χ0) is 10.9. The number of hydrogen-bond acceptors (Lipinski definition) is 4. The number of ether oxygens (including phenoxy) is 1. The maximum absolute atomic E-state index is 10.6. The molecule has 0 spiro atoms. The average Bonchev–Trinajstić information content (AvgIpc) is 2.26. The van der Waals surface area contributed by atoms with Crippen molar-refractivity contribution in [1.29, 1.82) is 0 Å². The van der Waals surface area contributed by atoms with Gasteiger partial charge in [-0.15, -0.1) is 0 Å². The Balaban J connectivity index is 2.92. The highest BCUT2D eigenvalue weighted by atomic mass is 35.5. The smallest absolute Gasteiger partial charge is 0.349 e. The van der Waals surface area contributed by atoms with Crippen LogP contribution in [0.2, 0.25) is 5.15 Å². The van der Waals surface area contributed by atoms with Crippen LogP contribution in [-0.2, 0) is 0 Å². The number of halogens is 1. The van der Waals surface area contributed by atoms with Gasteiger partial charge in [0.2, 0.25) is 0 Å². The molecule has 1 aromatic rings. The topological polar surface area (TPSA) is 59.4 Å². The summed E-state index contributed by atoms with van der Waals surface area (Å²) in [7, 11) is 0. The molecule has 0 aromatic carbocycles. The van der Waals surface area contributed by atoms with Gasteiger partial charge in [-0.3, -0.25) is 0 Å². The molecule has 6 heteroatoms. The molecule has 0 radical (unpaired) electrons. The van der Waals surface area contributed by atoms with E-state index in [1.165, 1.54) is 0 Å². The second-order valence-electron chi connectivity index (χ2n) is 3.62. The van der Waals surface area contributed by atoms with E-state index >= 15 is 0 Å². The first kappa shape index (κ1) is 11.3. The number of carbonyl (C=O) groups is 1. The summed E-state index contributed by atoms with van der Waals surface area (Å²) in [5.41, 5.74) is -0.406. The summed E-state index contributed by atoms with van der Waals surface area (Å²) in [5, 5.41) is 8.96. The van der Waals surface area contributed by atoms with E-state index in [-0.39, 0.29) is 15.2 Å². The molecule has 1 aromatic heterocycles. The Morgan fingerprint density at radius 2 is 2.14 bits per heavy atom. The summed E-state index contributed by atoms with van der Waals surface area (Å²) in [6.07, 6.45) is 0. The molecule has 1 rings (SSSR count). The maximum Gasteiger partial charge on any atom is 0.349 e. The second kappa shape index (κ2) is 3.74. The van der Waals surface area contributed by atoms with E-state index in [1.807, 2.05) is 20.8 Å². The molecular formula is C8H10ClNO3S. The number of hydrogen-bond donors (Lipinski definition) is 1. The number of carboxylic acid groups (broad SMARTS) is 1. The molecular weight excluding hydrogens is 226 g/mol. The average molecular weight is 236 g/mol. The fourth-order valence-electron chi connectivity index (χ4n) is 0.721. The fraction of sp³-hybridized carbons (Fsp3) is 0.500. The highest BCUT2D eigenvalue weighted by Crippen LogP contribution is 2.30. The van der Waals surface area contributed by atoms with Crippen LogP contribution in [0, 0.1) is 0 Å². The second-order valence-corrected chi connectivity index (χ2v) is 4.94. The Morgan fingerprint density at radius 3 is 2.50 bits per heavy atom. The van der Waals surface area contributed by atoms with E-state index in [0.717, 1.165) is 11.3 Å². The lowest BCUT2D eigenvalue weighted by Crippen LogP contribution is -2.22. The molecule has 1 N–H and O–H groups in total. The summed E-state index contributed by atoms with van der Waals surface area (Å²) in [6.45, 7) is 5.55. The number of carboxylic acids is 1. The van der Waals surface area contributed by atoms with Crippen LogP contribution >= 0.6 is 22.9 Å². The molecule has 0 saturated heterocycles. The van der Waals surface area contributed by atoms with Crippen molar-refractivity contribution in [2.24, 2.45) is 0 Å². The van der Waals surface area contributed by atoms with Gasteiger partial charge in [-0.25, -0.2) is 4.79 Å². The van der Waals surface area contributed by atoms with Crippen LogP contribution < -0.4 is 4.74 Å². The Labute approximate surface area is 90.5 Å². The minimum Gasteiger partial charge on any atom is -0.477 e. The lowest BCUT2D eigenvalue weighted by atomic mass is 10.2. The maximum atomic E-state index is 10.6. The van der Waals surface area contributed by atoms with Crippen LogP contribution in [0.1, 0.15) is 30.4 Å². The van der Waals surface area contributed by atoms with Crippen molar-refractivity contribution in [2.75, 3.05) is 0 Å². The van der Waals surface area contributed by atoms with Gasteiger partial charge in [0.05, 0.1) is 0 Å². The molecule has 4 nitrogen and oxygen atoms in total. The van der Waals surface area contributed by atoms with E-state index in [4.69, 9.17) is 21.4 Å². The van der Waals surface area contributed by atoms with Crippen molar-refractivity contribution in [3.63, 3.8) is 0 Å². The molecule has 78 valence electrons. The molecule has 0 bridgehead atoms. The first-order chi connectivity index (χ1) is 6.29. The zero-order valence-corrected chi connectivity index (χ0v) is 9.57. The van der Waals surface area contributed by atoms with Gasteiger partial charge >= 0.3 is 5.97 Å². The lowest BCUT2D eigenvalue weighted by molar-refractivity contribution is 0.0702. The van der Waals surface area contributed by atoms with E-state index in [2.05, 4.69) is 4.98 Å². The lowest BCUT2D eigenvalue weighted by Gasteiger charge is -2.18. The molecule has 1 heterocycles. The van der Waals surface area contributed by atoms with Crippen LogP contribution in [0.5, 0.6) is 5.19 Å². The largest absolute Gasteiger partial charge is 0.477 e. The summed E-state index contributed by atoms with van der Waals surface area (Å²) in [6, 6.07) is 0. The number of aromatic nitrogens is 1. The van der Waals surface area contributed by atoms with Crippen LogP contribution in [0.15, 0.2) is 0 Å². The van der Waals surface area contributed by atoms with E-state index in [9.17, 15) is 4.79 Å². The summed E-state index contributed by atoms with van der Waals surface area (Å²) < 4.78 is 5.37. The molecule has 0 amide bonds. The first-order valence-electron chi connectivity index (χ1n) is 3.88. The third-order valence-electron chi connectivity index (χ3n) is 1.15. The normalized spacial score (nSPS) is 11.4. The molecule has 14 heavy (non-hydrogen) atoms. The van der Waals surface area contributed by atoms with Gasteiger partial charge in [0, 0.05) is 0 Å². The minimum absolute atomic E-state index is 0.00548. The standard InChI is InChI=1S/C8H10ClNO3S/c1-8(2,3)13-7-10-5(9)4(14-7)6(11)12/h1-3H3,(H,11,12). The molecule has 0 aliphatic heterocycles. The summed E-state index contributed by atoms with van der Waals surface area (Å²) in [4.78, 5) is 14.4. The van der Waals surface area contributed by atoms with Crippen molar-refractivity contribution < 1.29 is 14.6 Å². The molecule has 0 atom stereocenters. The van der Waals surface area contributed by atoms with Crippen molar-refractivity contribution in [3.8, 4) is 5.19 Å². The Hall–Kier alpha value is -0.810. The fourth-order valence-corrected chi connectivity index (χ4v) is 1.86. The van der Waals surface area contributed by atoms with Crippen LogP contribution in [0.4, 0.5) is 0 Å². The van der Waals surface area contributed by atoms with Gasteiger partial charge in [-0.05, 0) is 20.8 Å². The Bertz CT molecular complexity index is 356. The third kappa shape index (κ3) is 2.85. The summed E-state index contributed by atoms with van der Waals surface area (Å²) >= 11 is 6.54. The number of thiazole rings is 1. The van der Waals surface area contributed by atoms with Gasteiger partial charge in [-0.2, -0.15) is 4.98 Å². The van der Waals surface area contributed by atoms with Crippen molar-refractivity contribution >= 4 is 28.9 Å². The minimum atomic E-state index is -1.09. The van der Waals surface area contributed by atoms with Crippen molar-refractivity contribution in [3.05, 3.63) is 10.0 Å². The highest BCUT2D eigenvalue weighted by molar-refractivity contribution is 7.15. The van der Waals surface area contributed by atoms with Crippen LogP contribution in [0.25, 0.3) is 0 Å². The van der Waals surface area contributed by atoms with E-state index < -0.39 is 11.6 Å². The number of aromatic carboxylic acids is 1. The predicted molar refractivity (Wildman–Crippen MR) is 54.5 cm³/mol. The van der Waals surface area contributed by atoms with Gasteiger partial charge in [-0.1, -0.05) is 22.9 Å². The predicted octanol–water partition coefficient (Wildman–Crippen LogP) is 2.67. The summed E-state index contributed by atoms with van der Waals surface area (Å²) in [5.74, 6) is -1.09. The SMILES string of the molecule is CC(C)(C)Oc1nc(Cl)c(C(=O)O)s1. The highest BCUT2D eigenvalue weighted by Gasteiger charge is 2.20. The molecule has 0 fully saturated rings. The molecule has 0 aliphatic carbocycles.